The quantitative estimate of drug-likeness (QED) is 0.293. The molecular weight excluding hydrogens is 430 g/mol. The van der Waals surface area contributed by atoms with Crippen LogP contribution in [0.2, 0.25) is 5.02 Å². The van der Waals surface area contributed by atoms with Crippen molar-refractivity contribution in [3.05, 3.63) is 86.9 Å². The van der Waals surface area contributed by atoms with Crippen LogP contribution in [0.1, 0.15) is 35.7 Å². The van der Waals surface area contributed by atoms with Crippen molar-refractivity contribution in [3.8, 4) is 5.69 Å². The number of nitro benzene ring substituents is 1. The lowest BCUT2D eigenvalue weighted by molar-refractivity contribution is -0.384. The van der Waals surface area contributed by atoms with E-state index in [9.17, 15) is 14.9 Å². The molecule has 0 radical (unpaired) electrons. The van der Waals surface area contributed by atoms with Gasteiger partial charge in [-0.25, -0.2) is 0 Å². The Kier molecular flexibility index (Phi) is 6.13. The van der Waals surface area contributed by atoms with Crippen LogP contribution < -0.4 is 5.32 Å². The third kappa shape index (κ3) is 4.60. The van der Waals surface area contributed by atoms with Gasteiger partial charge in [-0.15, -0.1) is 10.2 Å². The van der Waals surface area contributed by atoms with E-state index in [0.29, 0.717) is 21.7 Å². The van der Waals surface area contributed by atoms with Crippen LogP contribution in [0.5, 0.6) is 0 Å². The number of rotatable bonds is 7. The van der Waals surface area contributed by atoms with Crippen molar-refractivity contribution in [1.29, 1.82) is 0 Å². The number of amides is 1. The second-order valence-electron chi connectivity index (χ2n) is 7.34. The number of carbonyl (C=O) groups excluding carboxylic acids is 1. The van der Waals surface area contributed by atoms with Crippen LogP contribution in [0.4, 0.5) is 11.4 Å². The number of fused-ring (bicyclic) bond motifs is 1. The maximum atomic E-state index is 12.5. The van der Waals surface area contributed by atoms with Gasteiger partial charge in [0.2, 0.25) is 0 Å². The molecule has 0 saturated heterocycles. The van der Waals surface area contributed by atoms with E-state index in [-0.39, 0.29) is 11.3 Å². The minimum absolute atomic E-state index is 0.0870. The van der Waals surface area contributed by atoms with Gasteiger partial charge in [0.1, 0.15) is 11.0 Å². The van der Waals surface area contributed by atoms with Crippen LogP contribution in [0, 0.1) is 10.1 Å². The molecular formula is C23H20ClN5O3. The zero-order chi connectivity index (χ0) is 22.7. The molecule has 1 heterocycles. The molecule has 3 aromatic carbocycles. The summed E-state index contributed by atoms with van der Waals surface area (Å²) in [5.74, 6) is -0.434. The highest BCUT2D eigenvalue weighted by Gasteiger charge is 2.14. The summed E-state index contributed by atoms with van der Waals surface area (Å²) >= 11 is 6.35. The van der Waals surface area contributed by atoms with Crippen molar-refractivity contribution in [2.24, 2.45) is 0 Å². The van der Waals surface area contributed by atoms with E-state index in [1.54, 1.807) is 12.1 Å². The lowest BCUT2D eigenvalue weighted by atomic mass is 10.1. The first-order valence-corrected chi connectivity index (χ1v) is 10.5. The van der Waals surface area contributed by atoms with E-state index in [1.807, 2.05) is 12.1 Å². The van der Waals surface area contributed by atoms with Crippen LogP contribution in [0.25, 0.3) is 16.7 Å². The van der Waals surface area contributed by atoms with Gasteiger partial charge in [0.05, 0.1) is 21.3 Å². The van der Waals surface area contributed by atoms with E-state index < -0.39 is 10.8 Å². The number of aromatic nitrogens is 3. The van der Waals surface area contributed by atoms with Crippen LogP contribution in [-0.4, -0.2) is 25.8 Å². The van der Waals surface area contributed by atoms with Gasteiger partial charge in [-0.05, 0) is 54.8 Å². The predicted molar refractivity (Wildman–Crippen MR) is 124 cm³/mol. The van der Waals surface area contributed by atoms with Gasteiger partial charge in [0, 0.05) is 17.7 Å². The SMILES string of the molecule is CCCCc1ccc(-n2nc3cc(Cl)c(NC(=O)c4ccc([N+](=O)[O-])cc4)cc3n2)cc1. The Hall–Kier alpha value is -3.78. The molecule has 0 saturated carbocycles. The Morgan fingerprint density at radius 1 is 1.06 bits per heavy atom. The fourth-order valence-electron chi connectivity index (χ4n) is 3.26. The number of nitrogens with zero attached hydrogens (tertiary/aromatic N) is 4. The summed E-state index contributed by atoms with van der Waals surface area (Å²) in [7, 11) is 0. The summed E-state index contributed by atoms with van der Waals surface area (Å²) in [5.41, 5.74) is 3.83. The zero-order valence-corrected chi connectivity index (χ0v) is 18.0. The molecule has 0 unspecified atom stereocenters. The van der Waals surface area contributed by atoms with E-state index in [0.717, 1.165) is 24.9 Å². The summed E-state index contributed by atoms with van der Waals surface area (Å²) in [6, 6.07) is 16.7. The van der Waals surface area contributed by atoms with Crippen molar-refractivity contribution in [2.75, 3.05) is 5.32 Å². The molecule has 0 spiro atoms. The van der Waals surface area contributed by atoms with E-state index >= 15 is 0 Å². The molecule has 0 atom stereocenters. The van der Waals surface area contributed by atoms with Crippen molar-refractivity contribution in [1.82, 2.24) is 15.0 Å². The molecule has 0 aliphatic rings. The Balaban J connectivity index is 1.55. The normalized spacial score (nSPS) is 10.9. The minimum Gasteiger partial charge on any atom is -0.321 e. The highest BCUT2D eigenvalue weighted by atomic mass is 35.5. The lowest BCUT2D eigenvalue weighted by Crippen LogP contribution is -2.12. The molecule has 32 heavy (non-hydrogen) atoms. The molecule has 0 fully saturated rings. The summed E-state index contributed by atoms with van der Waals surface area (Å²) in [6.07, 6.45) is 3.34. The highest BCUT2D eigenvalue weighted by molar-refractivity contribution is 6.34. The largest absolute Gasteiger partial charge is 0.321 e. The number of carbonyl (C=O) groups is 1. The lowest BCUT2D eigenvalue weighted by Gasteiger charge is -2.07. The van der Waals surface area contributed by atoms with Gasteiger partial charge < -0.3 is 5.32 Å². The van der Waals surface area contributed by atoms with Crippen LogP contribution in [0.15, 0.2) is 60.7 Å². The van der Waals surface area contributed by atoms with Gasteiger partial charge in [0.25, 0.3) is 11.6 Å². The first-order chi connectivity index (χ1) is 15.4. The van der Waals surface area contributed by atoms with E-state index in [1.165, 1.54) is 34.6 Å². The summed E-state index contributed by atoms with van der Waals surface area (Å²) in [4.78, 5) is 24.3. The highest BCUT2D eigenvalue weighted by Crippen LogP contribution is 2.27. The average molecular weight is 450 g/mol. The maximum absolute atomic E-state index is 12.5. The van der Waals surface area contributed by atoms with Gasteiger partial charge in [0.15, 0.2) is 0 Å². The smallest absolute Gasteiger partial charge is 0.269 e. The Morgan fingerprint density at radius 3 is 2.34 bits per heavy atom. The second-order valence-corrected chi connectivity index (χ2v) is 7.75. The van der Waals surface area contributed by atoms with E-state index in [2.05, 4.69) is 34.6 Å². The minimum atomic E-state index is -0.519. The first-order valence-electron chi connectivity index (χ1n) is 10.2. The number of aryl methyl sites for hydroxylation is 1. The van der Waals surface area contributed by atoms with Crippen molar-refractivity contribution in [3.63, 3.8) is 0 Å². The van der Waals surface area contributed by atoms with Gasteiger partial charge >= 0.3 is 0 Å². The number of hydrogen-bond acceptors (Lipinski definition) is 5. The number of non-ortho nitro benzene ring substituents is 1. The van der Waals surface area contributed by atoms with Gasteiger partial charge in [-0.1, -0.05) is 37.1 Å². The number of unbranched alkanes of at least 4 members (excludes halogenated alkanes) is 1. The molecule has 162 valence electrons. The van der Waals surface area contributed by atoms with E-state index in [4.69, 9.17) is 11.6 Å². The van der Waals surface area contributed by atoms with Crippen LogP contribution in [-0.2, 0) is 6.42 Å². The fraction of sp³-hybridized carbons (Fsp3) is 0.174. The van der Waals surface area contributed by atoms with Gasteiger partial charge in [-0.3, -0.25) is 14.9 Å². The summed E-state index contributed by atoms with van der Waals surface area (Å²) in [6.45, 7) is 2.17. The molecule has 0 aliphatic heterocycles. The molecule has 1 N–H and O–H groups in total. The summed E-state index contributed by atoms with van der Waals surface area (Å²) < 4.78 is 0. The molecule has 4 rings (SSSR count). The van der Waals surface area contributed by atoms with Crippen molar-refractivity contribution < 1.29 is 9.72 Å². The van der Waals surface area contributed by atoms with Crippen molar-refractivity contribution in [2.45, 2.75) is 26.2 Å². The first kappa shape index (κ1) is 21.5. The van der Waals surface area contributed by atoms with Crippen molar-refractivity contribution >= 4 is 39.9 Å². The number of halogens is 1. The number of hydrogen-bond donors (Lipinski definition) is 1. The Morgan fingerprint density at radius 2 is 1.72 bits per heavy atom. The molecule has 8 nitrogen and oxygen atoms in total. The maximum Gasteiger partial charge on any atom is 0.269 e. The van der Waals surface area contributed by atoms with Gasteiger partial charge in [-0.2, -0.15) is 4.80 Å². The molecule has 9 heteroatoms. The summed E-state index contributed by atoms with van der Waals surface area (Å²) in [5, 5.41) is 22.8. The second kappa shape index (κ2) is 9.15. The number of benzene rings is 3. The van der Waals surface area contributed by atoms with Crippen LogP contribution in [0.3, 0.4) is 0 Å². The Bertz CT molecular complexity index is 1280. The third-order valence-corrected chi connectivity index (χ3v) is 5.36. The topological polar surface area (TPSA) is 103 Å². The monoisotopic (exact) mass is 449 g/mol. The predicted octanol–water partition coefficient (Wildman–Crippen LogP) is 5.58. The Labute approximate surface area is 189 Å². The van der Waals surface area contributed by atoms with Crippen LogP contribution >= 0.6 is 11.6 Å². The number of nitro groups is 1. The number of anilines is 1. The third-order valence-electron chi connectivity index (χ3n) is 5.04. The standard InChI is InChI=1S/C23H20ClN5O3/c1-2-3-4-15-5-9-17(10-6-15)28-26-21-13-19(24)20(14-22(21)27-28)25-23(30)16-7-11-18(12-8-16)29(31)32/h5-14H,2-4H2,1H3,(H,25,30). The molecule has 1 aromatic heterocycles. The average Bonchev–Trinajstić information content (AvgIpc) is 3.21. The molecule has 4 aromatic rings. The fourth-order valence-corrected chi connectivity index (χ4v) is 3.46. The number of nitrogens with one attached hydrogen (secondary N) is 1. The molecule has 0 aliphatic carbocycles. The zero-order valence-electron chi connectivity index (χ0n) is 17.3. The molecule has 1 amide bonds. The molecule has 0 bridgehead atoms.